The van der Waals surface area contributed by atoms with Crippen LogP contribution in [0.4, 0.5) is 17.6 Å². The quantitative estimate of drug-likeness (QED) is 0.735. The van der Waals surface area contributed by atoms with Crippen molar-refractivity contribution in [3.8, 4) is 11.8 Å². The fraction of sp³-hybridized carbons (Fsp3) is 0.0909. The summed E-state index contributed by atoms with van der Waals surface area (Å²) in [6.45, 7) is 0. The van der Waals surface area contributed by atoms with E-state index in [1.807, 2.05) is 0 Å². The van der Waals surface area contributed by atoms with E-state index in [0.29, 0.717) is 12.4 Å². The van der Waals surface area contributed by atoms with Crippen LogP contribution in [0, 0.1) is 17.1 Å². The number of alkyl halides is 3. The molecule has 0 radical (unpaired) electrons. The number of nitrogens with zero attached hydrogens (tertiary/aromatic N) is 3. The lowest BCUT2D eigenvalue weighted by Crippen LogP contribution is -2.03. The molecule has 0 fully saturated rings. The minimum atomic E-state index is -4.53. The van der Waals surface area contributed by atoms with E-state index >= 15 is 0 Å². The van der Waals surface area contributed by atoms with Gasteiger partial charge < -0.3 is 0 Å². The highest BCUT2D eigenvalue weighted by Crippen LogP contribution is 2.29. The summed E-state index contributed by atoms with van der Waals surface area (Å²) in [6.07, 6.45) is -3.23. The minimum absolute atomic E-state index is 0.0828. The second kappa shape index (κ2) is 4.14. The van der Waals surface area contributed by atoms with Crippen molar-refractivity contribution in [3.05, 3.63) is 47.5 Å². The van der Waals surface area contributed by atoms with Crippen LogP contribution in [0.5, 0.6) is 0 Å². The smallest absolute Gasteiger partial charge is 0.237 e. The molecule has 0 aliphatic carbocycles. The first kappa shape index (κ1) is 12.1. The number of hydrogen-bond acceptors (Lipinski definition) is 2. The van der Waals surface area contributed by atoms with Crippen molar-refractivity contribution >= 4 is 0 Å². The van der Waals surface area contributed by atoms with E-state index in [0.717, 1.165) is 10.7 Å². The maximum atomic E-state index is 13.5. The van der Waals surface area contributed by atoms with Gasteiger partial charge in [-0.1, -0.05) is 0 Å². The Kier molecular flexibility index (Phi) is 2.79. The van der Waals surface area contributed by atoms with Gasteiger partial charge in [0.2, 0.25) is 0 Å². The Balaban J connectivity index is 2.44. The molecule has 0 bridgehead atoms. The summed E-state index contributed by atoms with van der Waals surface area (Å²) in [5, 5.41) is 12.0. The van der Waals surface area contributed by atoms with E-state index < -0.39 is 17.6 Å². The van der Waals surface area contributed by atoms with Crippen LogP contribution in [0.15, 0.2) is 30.6 Å². The minimum Gasteiger partial charge on any atom is -0.237 e. The molecular weight excluding hydrogens is 250 g/mol. The van der Waals surface area contributed by atoms with Gasteiger partial charge in [-0.15, -0.1) is 0 Å². The third-order valence-electron chi connectivity index (χ3n) is 2.23. The standard InChI is InChI=1S/C11H5F4N3/c12-9-3-7(4-16)1-2-10(9)18-6-8(5-17-18)11(13,14)15/h1-3,5-6H. The maximum absolute atomic E-state index is 13.5. The van der Waals surface area contributed by atoms with Crippen molar-refractivity contribution in [1.29, 1.82) is 5.26 Å². The van der Waals surface area contributed by atoms with Crippen LogP contribution >= 0.6 is 0 Å². The second-order valence-corrected chi connectivity index (χ2v) is 3.45. The average Bonchev–Trinajstić information content (AvgIpc) is 2.77. The molecule has 0 saturated heterocycles. The summed E-state index contributed by atoms with van der Waals surface area (Å²) >= 11 is 0. The van der Waals surface area contributed by atoms with Crippen molar-refractivity contribution < 1.29 is 17.6 Å². The van der Waals surface area contributed by atoms with Crippen LogP contribution in [0.1, 0.15) is 11.1 Å². The molecule has 92 valence electrons. The first-order valence-corrected chi connectivity index (χ1v) is 4.73. The first-order chi connectivity index (χ1) is 8.41. The van der Waals surface area contributed by atoms with E-state index in [1.54, 1.807) is 6.07 Å². The number of hydrogen-bond donors (Lipinski definition) is 0. The van der Waals surface area contributed by atoms with E-state index in [1.165, 1.54) is 12.1 Å². The second-order valence-electron chi connectivity index (χ2n) is 3.45. The predicted molar refractivity (Wildman–Crippen MR) is 53.2 cm³/mol. The SMILES string of the molecule is N#Cc1ccc(-n2cc(C(F)(F)F)cn2)c(F)c1. The van der Waals surface area contributed by atoms with Crippen molar-refractivity contribution in [2.75, 3.05) is 0 Å². The van der Waals surface area contributed by atoms with E-state index in [-0.39, 0.29) is 11.3 Å². The van der Waals surface area contributed by atoms with Crippen molar-refractivity contribution in [3.63, 3.8) is 0 Å². The van der Waals surface area contributed by atoms with Gasteiger partial charge in [0.15, 0.2) is 0 Å². The van der Waals surface area contributed by atoms with Gasteiger partial charge in [-0.25, -0.2) is 9.07 Å². The fourth-order valence-corrected chi connectivity index (χ4v) is 1.36. The lowest BCUT2D eigenvalue weighted by atomic mass is 10.2. The van der Waals surface area contributed by atoms with Gasteiger partial charge in [0.25, 0.3) is 0 Å². The topological polar surface area (TPSA) is 41.6 Å². The largest absolute Gasteiger partial charge is 0.419 e. The highest BCUT2D eigenvalue weighted by atomic mass is 19.4. The molecule has 2 rings (SSSR count). The van der Waals surface area contributed by atoms with Crippen LogP contribution in [-0.4, -0.2) is 9.78 Å². The van der Waals surface area contributed by atoms with Gasteiger partial charge in [-0.2, -0.15) is 23.5 Å². The molecule has 18 heavy (non-hydrogen) atoms. The normalized spacial score (nSPS) is 11.3. The van der Waals surface area contributed by atoms with Crippen LogP contribution in [0.25, 0.3) is 5.69 Å². The van der Waals surface area contributed by atoms with Crippen molar-refractivity contribution in [2.45, 2.75) is 6.18 Å². The van der Waals surface area contributed by atoms with Crippen LogP contribution < -0.4 is 0 Å². The van der Waals surface area contributed by atoms with E-state index in [4.69, 9.17) is 5.26 Å². The van der Waals surface area contributed by atoms with Crippen molar-refractivity contribution in [1.82, 2.24) is 9.78 Å². The Morgan fingerprint density at radius 2 is 2.00 bits per heavy atom. The molecule has 0 spiro atoms. The fourth-order valence-electron chi connectivity index (χ4n) is 1.36. The van der Waals surface area contributed by atoms with Gasteiger partial charge in [0.05, 0.1) is 23.4 Å². The van der Waals surface area contributed by atoms with Gasteiger partial charge in [0, 0.05) is 6.20 Å². The molecule has 3 nitrogen and oxygen atoms in total. The maximum Gasteiger partial charge on any atom is 0.419 e. The molecule has 1 heterocycles. The Labute approximate surface area is 98.9 Å². The third-order valence-corrected chi connectivity index (χ3v) is 2.23. The number of benzene rings is 1. The van der Waals surface area contributed by atoms with Gasteiger partial charge in [-0.3, -0.25) is 0 Å². The summed E-state index contributed by atoms with van der Waals surface area (Å²) in [6, 6.07) is 5.16. The summed E-state index contributed by atoms with van der Waals surface area (Å²) < 4.78 is 51.4. The Hall–Kier alpha value is -2.36. The average molecular weight is 255 g/mol. The lowest BCUT2D eigenvalue weighted by Gasteiger charge is -2.03. The molecule has 0 unspecified atom stereocenters. The summed E-state index contributed by atoms with van der Waals surface area (Å²) in [5.74, 6) is -0.814. The number of nitriles is 1. The molecule has 0 aliphatic heterocycles. The summed E-state index contributed by atoms with van der Waals surface area (Å²) in [4.78, 5) is 0. The molecule has 2 aromatic rings. The number of rotatable bonds is 1. The van der Waals surface area contributed by atoms with Crippen molar-refractivity contribution in [2.24, 2.45) is 0 Å². The zero-order valence-corrected chi connectivity index (χ0v) is 8.74. The van der Waals surface area contributed by atoms with Crippen LogP contribution in [-0.2, 0) is 6.18 Å². The van der Waals surface area contributed by atoms with Crippen LogP contribution in [0.3, 0.4) is 0 Å². The monoisotopic (exact) mass is 255 g/mol. The zero-order valence-electron chi connectivity index (χ0n) is 8.74. The molecule has 0 aliphatic rings. The van der Waals surface area contributed by atoms with Gasteiger partial charge >= 0.3 is 6.18 Å². The Morgan fingerprint density at radius 3 is 2.50 bits per heavy atom. The first-order valence-electron chi connectivity index (χ1n) is 4.73. The lowest BCUT2D eigenvalue weighted by molar-refractivity contribution is -0.137. The van der Waals surface area contributed by atoms with E-state index in [2.05, 4.69) is 5.10 Å². The highest BCUT2D eigenvalue weighted by molar-refractivity contribution is 5.40. The zero-order chi connectivity index (χ0) is 13.3. The molecular formula is C11H5F4N3. The molecule has 7 heteroatoms. The predicted octanol–water partition coefficient (Wildman–Crippen LogP) is 2.90. The molecule has 1 aromatic heterocycles. The molecule has 0 atom stereocenters. The highest BCUT2D eigenvalue weighted by Gasteiger charge is 2.32. The van der Waals surface area contributed by atoms with E-state index in [9.17, 15) is 17.6 Å². The third kappa shape index (κ3) is 2.18. The van der Waals surface area contributed by atoms with Gasteiger partial charge in [-0.05, 0) is 18.2 Å². The number of aromatic nitrogens is 2. The molecule has 0 N–H and O–H groups in total. The molecule has 0 saturated carbocycles. The Bertz CT molecular complexity index is 622. The number of halogens is 4. The summed E-state index contributed by atoms with van der Waals surface area (Å²) in [5.41, 5.74) is -1.03. The van der Waals surface area contributed by atoms with Gasteiger partial charge in [0.1, 0.15) is 11.5 Å². The summed E-state index contributed by atoms with van der Waals surface area (Å²) in [7, 11) is 0. The van der Waals surface area contributed by atoms with Crippen LogP contribution in [0.2, 0.25) is 0 Å². The molecule has 0 amide bonds. The Morgan fingerprint density at radius 1 is 1.28 bits per heavy atom. The molecule has 1 aromatic carbocycles.